The van der Waals surface area contributed by atoms with Gasteiger partial charge in [-0.2, -0.15) is 0 Å². The zero-order chi connectivity index (χ0) is 26.6. The first kappa shape index (κ1) is 27.5. The molecule has 2 aromatic carbocycles. The number of benzene rings is 2. The van der Waals surface area contributed by atoms with Crippen molar-refractivity contribution in [3.8, 4) is 0 Å². The minimum absolute atomic E-state index is 0.0197. The van der Waals surface area contributed by atoms with E-state index in [2.05, 4.69) is 37.8 Å². The lowest BCUT2D eigenvalue weighted by molar-refractivity contribution is -0.334. The van der Waals surface area contributed by atoms with E-state index >= 15 is 0 Å². The summed E-state index contributed by atoms with van der Waals surface area (Å²) in [7, 11) is 0. The van der Waals surface area contributed by atoms with Crippen molar-refractivity contribution in [2.24, 2.45) is 0 Å². The number of epoxide rings is 1. The van der Waals surface area contributed by atoms with E-state index in [0.29, 0.717) is 32.7 Å². The second-order valence-corrected chi connectivity index (χ2v) is 11.4. The largest absolute Gasteiger partial charge is 0.390 e. The van der Waals surface area contributed by atoms with Crippen LogP contribution in [0.4, 0.5) is 0 Å². The molecule has 38 heavy (non-hydrogen) atoms. The van der Waals surface area contributed by atoms with Crippen molar-refractivity contribution in [1.29, 1.82) is 0 Å². The zero-order valence-corrected chi connectivity index (χ0v) is 22.7. The van der Waals surface area contributed by atoms with Crippen LogP contribution in [0.2, 0.25) is 0 Å². The molecular weight excluding hydrogens is 480 g/mol. The fourth-order valence-corrected chi connectivity index (χ4v) is 6.02. The first-order valence-electron chi connectivity index (χ1n) is 14.0. The number of ether oxygens (including phenoxy) is 5. The molecule has 0 bridgehead atoms. The third-order valence-corrected chi connectivity index (χ3v) is 8.39. The molecule has 6 nitrogen and oxygen atoms in total. The lowest BCUT2D eigenvalue weighted by atomic mass is 9.74. The van der Waals surface area contributed by atoms with Gasteiger partial charge in [-0.1, -0.05) is 66.7 Å². The van der Waals surface area contributed by atoms with E-state index in [9.17, 15) is 5.11 Å². The van der Waals surface area contributed by atoms with Crippen molar-refractivity contribution in [3.05, 3.63) is 84.4 Å². The highest BCUT2D eigenvalue weighted by molar-refractivity contribution is 5.15. The summed E-state index contributed by atoms with van der Waals surface area (Å²) in [5.41, 5.74) is 0.883. The summed E-state index contributed by atoms with van der Waals surface area (Å²) in [6, 6.07) is 20.5. The summed E-state index contributed by atoms with van der Waals surface area (Å²) in [4.78, 5) is 0. The average molecular weight is 523 g/mol. The number of hydrogen-bond acceptors (Lipinski definition) is 6. The van der Waals surface area contributed by atoms with E-state index in [-0.39, 0.29) is 30.5 Å². The molecule has 0 spiro atoms. The molecule has 0 aliphatic carbocycles. The SMILES string of the molecule is C=C[C@@H]1O[C@H]1C[C@@]1(C)O[C@@]2(C)[C@@H](OCc3ccccc3)C[C@H](CCCOCc3ccccc3)O[C@@H]2C[C@@H]1O. The van der Waals surface area contributed by atoms with Gasteiger partial charge < -0.3 is 28.8 Å². The second-order valence-electron chi connectivity index (χ2n) is 11.4. The lowest BCUT2D eigenvalue weighted by Gasteiger charge is -2.57. The molecule has 8 atom stereocenters. The maximum absolute atomic E-state index is 11.2. The Morgan fingerprint density at radius 3 is 2.32 bits per heavy atom. The van der Waals surface area contributed by atoms with E-state index in [4.69, 9.17) is 23.7 Å². The Balaban J connectivity index is 1.23. The Bertz CT molecular complexity index is 1030. The first-order valence-corrected chi connectivity index (χ1v) is 14.0. The fourth-order valence-electron chi connectivity index (χ4n) is 6.02. The van der Waals surface area contributed by atoms with E-state index < -0.39 is 17.3 Å². The highest BCUT2D eigenvalue weighted by Gasteiger charge is 2.60. The van der Waals surface area contributed by atoms with Crippen LogP contribution in [0.5, 0.6) is 0 Å². The van der Waals surface area contributed by atoms with Crippen molar-refractivity contribution in [2.75, 3.05) is 6.61 Å². The smallest absolute Gasteiger partial charge is 0.119 e. The van der Waals surface area contributed by atoms with Crippen molar-refractivity contribution in [2.45, 2.75) is 107 Å². The predicted molar refractivity (Wildman–Crippen MR) is 146 cm³/mol. The number of aliphatic hydroxyl groups excluding tert-OH is 1. The third kappa shape index (κ3) is 6.39. The van der Waals surface area contributed by atoms with Gasteiger partial charge in [0.25, 0.3) is 0 Å². The van der Waals surface area contributed by atoms with Crippen LogP contribution < -0.4 is 0 Å². The van der Waals surface area contributed by atoms with Crippen molar-refractivity contribution in [3.63, 3.8) is 0 Å². The van der Waals surface area contributed by atoms with Crippen LogP contribution in [0.1, 0.15) is 57.1 Å². The molecule has 3 aliphatic rings. The van der Waals surface area contributed by atoms with Crippen LogP contribution in [0.15, 0.2) is 73.3 Å². The molecule has 6 heteroatoms. The molecule has 206 valence electrons. The van der Waals surface area contributed by atoms with Gasteiger partial charge in [0, 0.05) is 25.9 Å². The minimum Gasteiger partial charge on any atom is -0.390 e. The highest BCUT2D eigenvalue weighted by atomic mass is 16.6. The van der Waals surface area contributed by atoms with Gasteiger partial charge in [-0.05, 0) is 37.8 Å². The van der Waals surface area contributed by atoms with Crippen LogP contribution in [0.25, 0.3) is 0 Å². The van der Waals surface area contributed by atoms with Gasteiger partial charge >= 0.3 is 0 Å². The standard InChI is InChI=1S/C32H42O6/c1-4-26-27(37-26)20-31(2)28(33)19-30-32(3,38-31)29(35-22-24-14-9-6-10-15-24)18-25(36-30)16-11-17-34-21-23-12-7-5-8-13-23/h4-10,12-15,25-30,33H,1,11,16-22H2,2-3H3/t25-,26-,27-,28-,29-,30+,31+,32-/m0/s1. The van der Waals surface area contributed by atoms with E-state index in [1.165, 1.54) is 5.56 Å². The summed E-state index contributed by atoms with van der Waals surface area (Å²) in [5.74, 6) is 0. The Morgan fingerprint density at radius 2 is 1.66 bits per heavy atom. The molecule has 3 saturated heterocycles. The molecule has 0 radical (unpaired) electrons. The Labute approximate surface area is 226 Å². The molecule has 5 rings (SSSR count). The molecule has 3 fully saturated rings. The van der Waals surface area contributed by atoms with Crippen molar-refractivity contribution in [1.82, 2.24) is 0 Å². The molecule has 0 saturated carbocycles. The molecule has 0 unspecified atom stereocenters. The van der Waals surface area contributed by atoms with Crippen LogP contribution >= 0.6 is 0 Å². The molecule has 0 amide bonds. The summed E-state index contributed by atoms with van der Waals surface area (Å²) < 4.78 is 31.6. The molecule has 3 aliphatic heterocycles. The van der Waals surface area contributed by atoms with E-state index in [1.54, 1.807) is 0 Å². The predicted octanol–water partition coefficient (Wildman–Crippen LogP) is 5.37. The van der Waals surface area contributed by atoms with Crippen LogP contribution in [0, 0.1) is 0 Å². The van der Waals surface area contributed by atoms with Crippen molar-refractivity contribution < 1.29 is 28.8 Å². The fraction of sp³-hybridized carbons (Fsp3) is 0.562. The van der Waals surface area contributed by atoms with Gasteiger partial charge in [-0.25, -0.2) is 0 Å². The number of fused-ring (bicyclic) bond motifs is 1. The lowest BCUT2D eigenvalue weighted by Crippen LogP contribution is -2.69. The highest BCUT2D eigenvalue weighted by Crippen LogP contribution is 2.48. The molecule has 2 aromatic rings. The summed E-state index contributed by atoms with van der Waals surface area (Å²) in [6.45, 7) is 9.72. The number of hydrogen-bond donors (Lipinski definition) is 1. The van der Waals surface area contributed by atoms with Gasteiger partial charge in [0.15, 0.2) is 0 Å². The van der Waals surface area contributed by atoms with Crippen molar-refractivity contribution >= 4 is 0 Å². The van der Waals surface area contributed by atoms with Gasteiger partial charge in [0.05, 0.1) is 49.3 Å². The number of aliphatic hydroxyl groups is 1. The summed E-state index contributed by atoms with van der Waals surface area (Å²) >= 11 is 0. The van der Waals surface area contributed by atoms with Gasteiger partial charge in [-0.15, -0.1) is 6.58 Å². The monoisotopic (exact) mass is 522 g/mol. The zero-order valence-electron chi connectivity index (χ0n) is 22.7. The Kier molecular flexibility index (Phi) is 8.68. The normalized spacial score (nSPS) is 36.4. The minimum atomic E-state index is -0.747. The number of rotatable bonds is 12. The Morgan fingerprint density at radius 1 is 0.974 bits per heavy atom. The van der Waals surface area contributed by atoms with Gasteiger partial charge in [0.2, 0.25) is 0 Å². The maximum atomic E-state index is 11.2. The maximum Gasteiger partial charge on any atom is 0.119 e. The summed E-state index contributed by atoms with van der Waals surface area (Å²) in [6.07, 6.45) is 4.45. The second kappa shape index (κ2) is 12.0. The van der Waals surface area contributed by atoms with E-state index in [1.807, 2.05) is 49.4 Å². The quantitative estimate of drug-likeness (QED) is 0.230. The molecular formula is C32H42O6. The van der Waals surface area contributed by atoms with Crippen LogP contribution in [-0.2, 0) is 36.9 Å². The Hall–Kier alpha value is -2.06. The van der Waals surface area contributed by atoms with Gasteiger partial charge in [0.1, 0.15) is 11.7 Å². The van der Waals surface area contributed by atoms with Crippen LogP contribution in [0.3, 0.4) is 0 Å². The van der Waals surface area contributed by atoms with Crippen LogP contribution in [-0.4, -0.2) is 59.5 Å². The summed E-state index contributed by atoms with van der Waals surface area (Å²) in [5, 5.41) is 11.2. The van der Waals surface area contributed by atoms with Gasteiger partial charge in [-0.3, -0.25) is 0 Å². The average Bonchev–Trinajstić information content (AvgIpc) is 3.67. The third-order valence-electron chi connectivity index (χ3n) is 8.39. The topological polar surface area (TPSA) is 69.7 Å². The molecule has 1 N–H and O–H groups in total. The molecule has 0 aromatic heterocycles. The first-order chi connectivity index (χ1) is 18.4. The molecule has 3 heterocycles. The van der Waals surface area contributed by atoms with E-state index in [0.717, 1.165) is 24.8 Å².